The van der Waals surface area contributed by atoms with Crippen LogP contribution in [0.5, 0.6) is 0 Å². The molecule has 1 amide bonds. The van der Waals surface area contributed by atoms with E-state index in [-0.39, 0.29) is 36.5 Å². The smallest absolute Gasteiger partial charge is 0.241 e. The summed E-state index contributed by atoms with van der Waals surface area (Å²) >= 11 is 0. The van der Waals surface area contributed by atoms with Crippen LogP contribution in [0, 0.1) is 5.82 Å². The molecule has 23 heavy (non-hydrogen) atoms. The molecule has 0 radical (unpaired) electrons. The molecule has 1 saturated heterocycles. The Morgan fingerprint density at radius 2 is 2.04 bits per heavy atom. The number of carbonyl (C=O) groups is 1. The summed E-state index contributed by atoms with van der Waals surface area (Å²) in [5, 5.41) is 2.88. The van der Waals surface area contributed by atoms with Gasteiger partial charge in [0.2, 0.25) is 5.91 Å². The second-order valence-electron chi connectivity index (χ2n) is 5.04. The number of hydrogen-bond donors (Lipinski definition) is 2. The number of halogens is 3. The summed E-state index contributed by atoms with van der Waals surface area (Å²) in [7, 11) is 0. The molecule has 1 fully saturated rings. The first kappa shape index (κ1) is 22.1. The lowest BCUT2D eigenvalue weighted by atomic mass is 10.0. The van der Waals surface area contributed by atoms with E-state index in [1.54, 1.807) is 12.1 Å². The number of ether oxygens (including phenoxy) is 1. The van der Waals surface area contributed by atoms with E-state index < -0.39 is 6.04 Å². The Balaban J connectivity index is 0.00000242. The lowest BCUT2D eigenvalue weighted by Gasteiger charge is -2.33. The second kappa shape index (κ2) is 11.6. The normalized spacial score (nSPS) is 15.9. The average molecular weight is 368 g/mol. The molecule has 0 bridgehead atoms. The molecule has 1 unspecified atom stereocenters. The molecular formula is C15H24Cl2FN3O2. The predicted molar refractivity (Wildman–Crippen MR) is 92.7 cm³/mol. The van der Waals surface area contributed by atoms with Crippen molar-refractivity contribution in [3.8, 4) is 0 Å². The van der Waals surface area contributed by atoms with Gasteiger partial charge in [0, 0.05) is 19.6 Å². The largest absolute Gasteiger partial charge is 0.379 e. The van der Waals surface area contributed by atoms with Gasteiger partial charge in [0.05, 0.1) is 13.2 Å². The van der Waals surface area contributed by atoms with Gasteiger partial charge in [0.1, 0.15) is 11.9 Å². The third-order valence-corrected chi connectivity index (χ3v) is 3.50. The topological polar surface area (TPSA) is 67.6 Å². The molecule has 1 aromatic carbocycles. The van der Waals surface area contributed by atoms with Crippen LogP contribution in [0.2, 0.25) is 0 Å². The molecule has 1 heterocycles. The fourth-order valence-electron chi connectivity index (χ4n) is 2.45. The Hall–Kier alpha value is -0.920. The third kappa shape index (κ3) is 6.61. The van der Waals surface area contributed by atoms with Crippen LogP contribution >= 0.6 is 24.8 Å². The highest BCUT2D eigenvalue weighted by Gasteiger charge is 2.28. The quantitative estimate of drug-likeness (QED) is 0.747. The maximum atomic E-state index is 13.5. The molecule has 3 N–H and O–H groups in total. The molecule has 0 spiro atoms. The highest BCUT2D eigenvalue weighted by molar-refractivity contribution is 5.85. The molecule has 0 saturated carbocycles. The molecule has 1 aliphatic rings. The summed E-state index contributed by atoms with van der Waals surface area (Å²) in [6, 6.07) is 5.73. The van der Waals surface area contributed by atoms with E-state index in [1.165, 1.54) is 12.1 Å². The molecule has 8 heteroatoms. The summed E-state index contributed by atoms with van der Waals surface area (Å²) < 4.78 is 18.8. The standard InChI is InChI=1S/C15H22FN3O2.2ClH/c16-13-4-1-3-12(11-13)14(15(20)18-6-2-5-17)19-7-9-21-10-8-19;;/h1,3-4,11,14H,2,5-10,17H2,(H,18,20);2*1H. The van der Waals surface area contributed by atoms with E-state index in [2.05, 4.69) is 5.32 Å². The first-order valence-corrected chi connectivity index (χ1v) is 7.27. The van der Waals surface area contributed by atoms with E-state index in [0.29, 0.717) is 45.0 Å². The highest BCUT2D eigenvalue weighted by Crippen LogP contribution is 2.22. The van der Waals surface area contributed by atoms with Crippen LogP contribution in [0.15, 0.2) is 24.3 Å². The number of nitrogens with zero attached hydrogens (tertiary/aromatic N) is 1. The van der Waals surface area contributed by atoms with Crippen LogP contribution in [-0.4, -0.2) is 50.2 Å². The van der Waals surface area contributed by atoms with Crippen molar-refractivity contribution in [3.05, 3.63) is 35.6 Å². The molecule has 132 valence electrons. The third-order valence-electron chi connectivity index (χ3n) is 3.50. The summed E-state index contributed by atoms with van der Waals surface area (Å²) in [5.74, 6) is -0.448. The van der Waals surface area contributed by atoms with Crippen molar-refractivity contribution in [2.45, 2.75) is 12.5 Å². The minimum Gasteiger partial charge on any atom is -0.379 e. The molecule has 1 atom stereocenters. The van der Waals surface area contributed by atoms with Crippen molar-refractivity contribution in [1.82, 2.24) is 10.2 Å². The minimum atomic E-state index is -0.484. The van der Waals surface area contributed by atoms with E-state index in [1.807, 2.05) is 4.90 Å². The maximum absolute atomic E-state index is 13.5. The van der Waals surface area contributed by atoms with Gasteiger partial charge in [-0.2, -0.15) is 0 Å². The fraction of sp³-hybridized carbons (Fsp3) is 0.533. The number of nitrogens with two attached hydrogens (primary N) is 1. The van der Waals surface area contributed by atoms with Gasteiger partial charge in [0.25, 0.3) is 0 Å². The van der Waals surface area contributed by atoms with E-state index in [4.69, 9.17) is 10.5 Å². The molecule has 0 aliphatic carbocycles. The van der Waals surface area contributed by atoms with Gasteiger partial charge in [-0.15, -0.1) is 24.8 Å². The van der Waals surface area contributed by atoms with E-state index >= 15 is 0 Å². The average Bonchev–Trinajstić information content (AvgIpc) is 2.49. The predicted octanol–water partition coefficient (Wildman–Crippen LogP) is 1.51. The van der Waals surface area contributed by atoms with Gasteiger partial charge in [0.15, 0.2) is 0 Å². The minimum absolute atomic E-state index is 0. The Kier molecular flexibility index (Phi) is 11.1. The first-order valence-electron chi connectivity index (χ1n) is 7.27. The lowest BCUT2D eigenvalue weighted by molar-refractivity contribution is -0.128. The van der Waals surface area contributed by atoms with Crippen molar-refractivity contribution in [2.75, 3.05) is 39.4 Å². The van der Waals surface area contributed by atoms with Crippen molar-refractivity contribution in [1.29, 1.82) is 0 Å². The molecule has 1 aliphatic heterocycles. The number of hydrogen-bond acceptors (Lipinski definition) is 4. The first-order chi connectivity index (χ1) is 10.2. The molecule has 2 rings (SSSR count). The zero-order valence-electron chi connectivity index (χ0n) is 12.9. The van der Waals surface area contributed by atoms with Crippen LogP contribution in [-0.2, 0) is 9.53 Å². The maximum Gasteiger partial charge on any atom is 0.241 e. The summed E-state index contributed by atoms with van der Waals surface area (Å²) in [5.41, 5.74) is 6.11. The van der Waals surface area contributed by atoms with E-state index in [0.717, 1.165) is 6.42 Å². The van der Waals surface area contributed by atoms with Crippen molar-refractivity contribution < 1.29 is 13.9 Å². The number of amides is 1. The number of morpholine rings is 1. The zero-order chi connectivity index (χ0) is 15.1. The Bertz CT molecular complexity index is 474. The van der Waals surface area contributed by atoms with Crippen LogP contribution in [0.3, 0.4) is 0 Å². The van der Waals surface area contributed by atoms with Crippen molar-refractivity contribution in [3.63, 3.8) is 0 Å². The summed E-state index contributed by atoms with van der Waals surface area (Å²) in [6.45, 7) is 3.55. The summed E-state index contributed by atoms with van der Waals surface area (Å²) in [6.07, 6.45) is 0.727. The van der Waals surface area contributed by atoms with Crippen molar-refractivity contribution in [2.24, 2.45) is 5.73 Å². The number of benzene rings is 1. The van der Waals surface area contributed by atoms with Gasteiger partial charge >= 0.3 is 0 Å². The van der Waals surface area contributed by atoms with Gasteiger partial charge in [-0.3, -0.25) is 9.69 Å². The Morgan fingerprint density at radius 1 is 1.35 bits per heavy atom. The monoisotopic (exact) mass is 367 g/mol. The van der Waals surface area contributed by atoms with Gasteiger partial charge in [-0.05, 0) is 30.7 Å². The van der Waals surface area contributed by atoms with Crippen LogP contribution in [0.4, 0.5) is 4.39 Å². The molecule has 0 aromatic heterocycles. The lowest BCUT2D eigenvalue weighted by Crippen LogP contribution is -2.46. The van der Waals surface area contributed by atoms with Crippen LogP contribution in [0.25, 0.3) is 0 Å². The van der Waals surface area contributed by atoms with E-state index in [9.17, 15) is 9.18 Å². The summed E-state index contributed by atoms with van der Waals surface area (Å²) in [4.78, 5) is 14.5. The highest BCUT2D eigenvalue weighted by atomic mass is 35.5. The SMILES string of the molecule is Cl.Cl.NCCCNC(=O)C(c1cccc(F)c1)N1CCOCC1. The Labute approximate surface area is 148 Å². The van der Waals surface area contributed by atoms with Crippen LogP contribution < -0.4 is 11.1 Å². The Morgan fingerprint density at radius 3 is 2.65 bits per heavy atom. The number of carbonyl (C=O) groups excluding carboxylic acids is 1. The van der Waals surface area contributed by atoms with Gasteiger partial charge < -0.3 is 15.8 Å². The molecular weight excluding hydrogens is 344 g/mol. The zero-order valence-corrected chi connectivity index (χ0v) is 14.5. The van der Waals surface area contributed by atoms with Gasteiger partial charge in [-0.1, -0.05) is 12.1 Å². The number of nitrogens with one attached hydrogen (secondary N) is 1. The van der Waals surface area contributed by atoms with Crippen molar-refractivity contribution >= 4 is 30.7 Å². The second-order valence-corrected chi connectivity index (χ2v) is 5.04. The van der Waals surface area contributed by atoms with Crippen LogP contribution in [0.1, 0.15) is 18.0 Å². The molecule has 5 nitrogen and oxygen atoms in total. The fourth-order valence-corrected chi connectivity index (χ4v) is 2.45. The molecule has 1 aromatic rings. The van der Waals surface area contributed by atoms with Gasteiger partial charge in [-0.25, -0.2) is 4.39 Å². The number of rotatable bonds is 6.